The van der Waals surface area contributed by atoms with E-state index in [1.807, 2.05) is 0 Å². The molecular formula is C25H16S2. The first-order valence-electron chi connectivity index (χ1n) is 9.07. The van der Waals surface area contributed by atoms with Crippen LogP contribution in [0.3, 0.4) is 0 Å². The largest absolute Gasteiger partial charge is 0.144 e. The number of hydrogen-bond donors (Lipinski definition) is 2. The lowest BCUT2D eigenvalue weighted by Crippen LogP contribution is -2.24. The van der Waals surface area contributed by atoms with E-state index in [1.165, 1.54) is 44.5 Å². The summed E-state index contributed by atoms with van der Waals surface area (Å²) in [5, 5.41) is 0. The molecule has 0 fully saturated rings. The third-order valence-electron chi connectivity index (χ3n) is 5.94. The summed E-state index contributed by atoms with van der Waals surface area (Å²) in [6.45, 7) is 0. The van der Waals surface area contributed by atoms with E-state index in [9.17, 15) is 0 Å². The summed E-state index contributed by atoms with van der Waals surface area (Å²) in [6.07, 6.45) is 15.9. The van der Waals surface area contributed by atoms with Crippen LogP contribution in [0.15, 0.2) is 93.8 Å². The van der Waals surface area contributed by atoms with Crippen molar-refractivity contribution in [2.45, 2.75) is 4.90 Å². The summed E-state index contributed by atoms with van der Waals surface area (Å²) in [5.74, 6) is 0. The zero-order chi connectivity index (χ0) is 18.2. The van der Waals surface area contributed by atoms with Crippen LogP contribution in [0, 0.1) is 5.41 Å². The highest BCUT2D eigenvalue weighted by Gasteiger charge is 2.44. The highest BCUT2D eigenvalue weighted by Crippen LogP contribution is 2.59. The van der Waals surface area contributed by atoms with Gasteiger partial charge in [-0.05, 0) is 74.9 Å². The second kappa shape index (κ2) is 5.31. The van der Waals surface area contributed by atoms with Crippen molar-refractivity contribution in [3.63, 3.8) is 0 Å². The molecule has 0 bridgehead atoms. The maximum atomic E-state index is 4.79. The first kappa shape index (κ1) is 15.6. The third kappa shape index (κ3) is 2.03. The zero-order valence-corrected chi connectivity index (χ0v) is 16.3. The van der Waals surface area contributed by atoms with Crippen LogP contribution in [-0.4, -0.2) is 0 Å². The van der Waals surface area contributed by atoms with Crippen molar-refractivity contribution >= 4 is 48.6 Å². The minimum Gasteiger partial charge on any atom is -0.144 e. The first-order valence-corrected chi connectivity index (χ1v) is 9.96. The van der Waals surface area contributed by atoms with E-state index in [4.69, 9.17) is 12.6 Å². The molecule has 0 radical (unpaired) electrons. The van der Waals surface area contributed by atoms with Crippen molar-refractivity contribution in [3.8, 4) is 0 Å². The van der Waals surface area contributed by atoms with Gasteiger partial charge in [-0.2, -0.15) is 0 Å². The Labute approximate surface area is 169 Å². The molecule has 0 nitrogen and oxygen atoms in total. The van der Waals surface area contributed by atoms with Gasteiger partial charge in [-0.1, -0.05) is 54.6 Å². The number of allylic oxidation sites excluding steroid dienone is 9. The second-order valence-corrected chi connectivity index (χ2v) is 8.44. The second-order valence-electron chi connectivity index (χ2n) is 7.41. The summed E-state index contributed by atoms with van der Waals surface area (Å²) in [7, 11) is 0. The third-order valence-corrected chi connectivity index (χ3v) is 6.47. The normalized spacial score (nSPS) is 23.6. The molecular weight excluding hydrogens is 364 g/mol. The first-order chi connectivity index (χ1) is 13.2. The van der Waals surface area contributed by atoms with Crippen LogP contribution < -0.4 is 0 Å². The van der Waals surface area contributed by atoms with Gasteiger partial charge in [0.2, 0.25) is 0 Å². The number of rotatable bonds is 0. The molecule has 6 rings (SSSR count). The molecule has 0 saturated heterocycles. The minimum atomic E-state index is -0.278. The van der Waals surface area contributed by atoms with E-state index in [-0.39, 0.29) is 5.41 Å². The van der Waals surface area contributed by atoms with E-state index in [2.05, 4.69) is 97.6 Å². The van der Waals surface area contributed by atoms with Crippen molar-refractivity contribution in [1.82, 2.24) is 0 Å². The Balaban J connectivity index is 1.61. The Hall–Kier alpha value is -2.42. The molecule has 1 spiro atoms. The maximum Gasteiger partial charge on any atom is 0.0591 e. The average Bonchev–Trinajstić information content (AvgIpc) is 3.21. The summed E-state index contributed by atoms with van der Waals surface area (Å²) >= 11 is 9.33. The SMILES string of the molecule is SC1=CC2(C=CC=C3C2=Cc2ccccc23)C2=Cc3cc(S)ccc3C2=C1. The van der Waals surface area contributed by atoms with Gasteiger partial charge in [0.25, 0.3) is 0 Å². The van der Waals surface area contributed by atoms with Gasteiger partial charge in [-0.25, -0.2) is 0 Å². The highest BCUT2D eigenvalue weighted by atomic mass is 32.1. The van der Waals surface area contributed by atoms with E-state index < -0.39 is 0 Å². The lowest BCUT2D eigenvalue weighted by Gasteiger charge is -2.37. The van der Waals surface area contributed by atoms with Crippen molar-refractivity contribution < 1.29 is 0 Å². The van der Waals surface area contributed by atoms with Crippen molar-refractivity contribution in [1.29, 1.82) is 0 Å². The van der Waals surface area contributed by atoms with Crippen LogP contribution in [-0.2, 0) is 0 Å². The summed E-state index contributed by atoms with van der Waals surface area (Å²) in [6, 6.07) is 15.0. The molecule has 128 valence electrons. The van der Waals surface area contributed by atoms with Crippen LogP contribution in [0.25, 0.3) is 23.3 Å². The van der Waals surface area contributed by atoms with Crippen molar-refractivity contribution in [3.05, 3.63) is 111 Å². The fourth-order valence-electron chi connectivity index (χ4n) is 4.81. The van der Waals surface area contributed by atoms with Crippen LogP contribution in [0.5, 0.6) is 0 Å². The molecule has 2 aromatic rings. The molecule has 0 aliphatic heterocycles. The number of benzene rings is 2. The van der Waals surface area contributed by atoms with Crippen LogP contribution in [0.2, 0.25) is 0 Å². The lowest BCUT2D eigenvalue weighted by molar-refractivity contribution is 0.752. The molecule has 4 aliphatic carbocycles. The quantitative estimate of drug-likeness (QED) is 0.472. The van der Waals surface area contributed by atoms with Gasteiger partial charge in [0.1, 0.15) is 0 Å². The van der Waals surface area contributed by atoms with Gasteiger partial charge < -0.3 is 0 Å². The summed E-state index contributed by atoms with van der Waals surface area (Å²) in [4.78, 5) is 2.00. The summed E-state index contributed by atoms with van der Waals surface area (Å²) < 4.78 is 0. The molecule has 1 atom stereocenters. The van der Waals surface area contributed by atoms with E-state index in [1.54, 1.807) is 0 Å². The van der Waals surface area contributed by atoms with E-state index in [0.29, 0.717) is 0 Å². The molecule has 0 aromatic heterocycles. The Morgan fingerprint density at radius 3 is 2.44 bits per heavy atom. The van der Waals surface area contributed by atoms with E-state index >= 15 is 0 Å². The molecule has 0 heterocycles. The minimum absolute atomic E-state index is 0.278. The molecule has 2 heteroatoms. The zero-order valence-electron chi connectivity index (χ0n) is 14.5. The molecule has 4 aliphatic rings. The standard InChI is InChI=1S/C25H16S2/c26-17-7-8-20-16(10-17)12-24-22(20)13-18(27)14-25(24)9-3-6-21-19-5-2-1-4-15(19)11-23(21)25/h1-14,26-27H. The van der Waals surface area contributed by atoms with Gasteiger partial charge in [0.05, 0.1) is 5.41 Å². The highest BCUT2D eigenvalue weighted by molar-refractivity contribution is 7.84. The van der Waals surface area contributed by atoms with E-state index in [0.717, 1.165) is 9.80 Å². The Morgan fingerprint density at radius 2 is 1.52 bits per heavy atom. The van der Waals surface area contributed by atoms with Gasteiger partial charge in [-0.3, -0.25) is 0 Å². The fourth-order valence-corrected chi connectivity index (χ4v) is 5.35. The molecule has 2 aromatic carbocycles. The predicted molar refractivity (Wildman–Crippen MR) is 121 cm³/mol. The molecule has 0 N–H and O–H groups in total. The molecule has 0 saturated carbocycles. The number of thiol groups is 2. The Kier molecular flexibility index (Phi) is 3.07. The topological polar surface area (TPSA) is 0 Å². The maximum absolute atomic E-state index is 4.79. The van der Waals surface area contributed by atoms with Crippen LogP contribution in [0.4, 0.5) is 0 Å². The van der Waals surface area contributed by atoms with Gasteiger partial charge >= 0.3 is 0 Å². The Bertz CT molecular complexity index is 1230. The van der Waals surface area contributed by atoms with Gasteiger partial charge in [0, 0.05) is 9.80 Å². The van der Waals surface area contributed by atoms with Gasteiger partial charge in [-0.15, -0.1) is 25.3 Å². The average molecular weight is 381 g/mol. The smallest absolute Gasteiger partial charge is 0.0591 e. The fraction of sp³-hybridized carbons (Fsp3) is 0.0400. The monoisotopic (exact) mass is 380 g/mol. The van der Waals surface area contributed by atoms with Gasteiger partial charge in [0.15, 0.2) is 0 Å². The number of fused-ring (bicyclic) bond motifs is 8. The predicted octanol–water partition coefficient (Wildman–Crippen LogP) is 6.62. The van der Waals surface area contributed by atoms with Crippen LogP contribution in [0.1, 0.15) is 22.3 Å². The Morgan fingerprint density at radius 1 is 0.741 bits per heavy atom. The van der Waals surface area contributed by atoms with Crippen molar-refractivity contribution in [2.24, 2.45) is 5.41 Å². The van der Waals surface area contributed by atoms with Crippen LogP contribution >= 0.6 is 25.3 Å². The molecule has 1 unspecified atom stereocenters. The summed E-state index contributed by atoms with van der Waals surface area (Å²) in [5.41, 5.74) is 10.1. The lowest BCUT2D eigenvalue weighted by atomic mass is 9.65. The number of hydrogen-bond acceptors (Lipinski definition) is 2. The molecule has 27 heavy (non-hydrogen) atoms. The van der Waals surface area contributed by atoms with Crippen molar-refractivity contribution in [2.75, 3.05) is 0 Å². The molecule has 0 amide bonds.